The summed E-state index contributed by atoms with van der Waals surface area (Å²) >= 11 is 2.42. The molecule has 0 bridgehead atoms. The van der Waals surface area contributed by atoms with Crippen molar-refractivity contribution in [2.75, 3.05) is 4.90 Å². The molecule has 4 heteroatoms. The van der Waals surface area contributed by atoms with Crippen molar-refractivity contribution in [2.45, 2.75) is 39.5 Å². The van der Waals surface area contributed by atoms with Crippen molar-refractivity contribution >= 4 is 20.6 Å². The normalized spacial score (nSPS) is 13.5. The third-order valence-corrected chi connectivity index (χ3v) is 10.2. The Morgan fingerprint density at radius 2 is 0.943 bits per heavy atom. The number of allylic oxidation sites excluding steroid dienone is 3. The van der Waals surface area contributed by atoms with E-state index in [0.29, 0.717) is 0 Å². The molecule has 0 N–H and O–H groups in total. The molecule has 2 nitrogen and oxygen atoms in total. The number of halogens is 1. The summed E-state index contributed by atoms with van der Waals surface area (Å²) in [7, 11) is 4.45. The van der Waals surface area contributed by atoms with Crippen LogP contribution in [0.15, 0.2) is 176 Å². The molecule has 0 atom stereocenters. The van der Waals surface area contributed by atoms with Crippen LogP contribution in [-0.2, 0) is 20.0 Å². The van der Waals surface area contributed by atoms with Crippen LogP contribution in [0.25, 0.3) is 5.70 Å². The van der Waals surface area contributed by atoms with Crippen LogP contribution in [0.1, 0.15) is 73.0 Å². The Balaban J connectivity index is 0.00000214. The van der Waals surface area contributed by atoms with Gasteiger partial charge in [-0.3, -0.25) is 0 Å². The summed E-state index contributed by atoms with van der Waals surface area (Å²) in [5.74, 6) is 0.0367. The van der Waals surface area contributed by atoms with Crippen molar-refractivity contribution in [2.24, 2.45) is 0 Å². The maximum atomic E-state index is 4.45. The molecule has 6 aromatic rings. The molecule has 53 heavy (non-hydrogen) atoms. The number of fused-ring (bicyclic) bond motifs is 1. The van der Waals surface area contributed by atoms with Crippen LogP contribution in [0.4, 0.5) is 5.69 Å². The van der Waals surface area contributed by atoms with Gasteiger partial charge in [0.2, 0.25) is 0 Å². The van der Waals surface area contributed by atoms with E-state index in [4.69, 9.17) is 0 Å². The van der Waals surface area contributed by atoms with Crippen LogP contribution in [0.2, 0.25) is 0 Å². The molecular weight excluding hydrogens is 760 g/mol. The second kappa shape index (κ2) is 16.5. The van der Waals surface area contributed by atoms with Gasteiger partial charge in [0, 0.05) is 34.5 Å². The Bertz CT molecular complexity index is 2070. The summed E-state index contributed by atoms with van der Waals surface area (Å²) in [6.45, 7) is 11.2. The van der Waals surface area contributed by atoms with Crippen LogP contribution in [0, 0.1) is 34.4 Å². The minimum absolute atomic E-state index is 0.0183. The van der Waals surface area contributed by atoms with E-state index in [0.717, 1.165) is 5.70 Å². The van der Waals surface area contributed by atoms with E-state index in [9.17, 15) is 0 Å². The van der Waals surface area contributed by atoms with E-state index in [1.54, 1.807) is 0 Å². The van der Waals surface area contributed by atoms with Crippen molar-refractivity contribution in [3.05, 3.63) is 244 Å². The summed E-state index contributed by atoms with van der Waals surface area (Å²) < 4.78 is 0. The standard InChI is InChI=1S/C49H43N2.Ag.ClH/c1-34-28-36(3)46(37(4)29-34)45-27-17-26-42-32-50(33-51(42)45)49-43(47(38-18-9-5-10-19-38)39-20-11-6-12-21-39)30-35(2)31-44(49)48(40-22-13-7-14-23-40)41-24-15-8-16-25-41;;/h5-33,47-48H,1-4H3;;1H/q-1;+1;/p-1. The number of anilines is 1. The number of rotatable bonds is 8. The van der Waals surface area contributed by atoms with E-state index in [-0.39, 0.29) is 11.8 Å². The number of hydrogen-bond donors (Lipinski definition) is 0. The van der Waals surface area contributed by atoms with Crippen molar-refractivity contribution in [3.8, 4) is 0 Å². The van der Waals surface area contributed by atoms with Crippen LogP contribution in [0.5, 0.6) is 0 Å². The van der Waals surface area contributed by atoms with Gasteiger partial charge in [-0.25, -0.2) is 0 Å². The van der Waals surface area contributed by atoms with E-state index in [1.165, 1.54) is 72.6 Å². The fraction of sp³-hybridized carbons (Fsp3) is 0.122. The Kier molecular flexibility index (Phi) is 11.3. The number of hydrogen-bond acceptors (Lipinski definition) is 2. The van der Waals surface area contributed by atoms with E-state index >= 15 is 0 Å². The third kappa shape index (κ3) is 7.51. The summed E-state index contributed by atoms with van der Waals surface area (Å²) in [6, 6.07) is 53.4. The molecule has 268 valence electrons. The zero-order chi connectivity index (χ0) is 36.9. The van der Waals surface area contributed by atoms with Gasteiger partial charge < -0.3 is 9.80 Å². The molecule has 0 amide bonds. The Morgan fingerprint density at radius 3 is 1.36 bits per heavy atom. The molecule has 2 aliphatic heterocycles. The van der Waals surface area contributed by atoms with Gasteiger partial charge in [0.15, 0.2) is 0 Å². The molecule has 2 aliphatic rings. The molecular formula is C49H43AgClN2-. The van der Waals surface area contributed by atoms with E-state index in [2.05, 4.69) is 243 Å². The minimum atomic E-state index is 0.0183. The molecule has 0 radical (unpaired) electrons. The fourth-order valence-electron chi connectivity index (χ4n) is 8.24. The first-order valence-corrected chi connectivity index (χ1v) is 19.9. The molecule has 0 spiro atoms. The van der Waals surface area contributed by atoms with Gasteiger partial charge >= 0.3 is 29.2 Å². The van der Waals surface area contributed by atoms with Crippen LogP contribution >= 0.6 is 9.19 Å². The summed E-state index contributed by atoms with van der Waals surface area (Å²) in [4.78, 5) is 4.78. The van der Waals surface area contributed by atoms with Gasteiger partial charge in [-0.15, -0.1) is 6.67 Å². The first-order chi connectivity index (χ1) is 26.0. The second-order valence-corrected chi connectivity index (χ2v) is 13.9. The zero-order valence-corrected chi connectivity index (χ0v) is 32.7. The van der Waals surface area contributed by atoms with Crippen LogP contribution in [0.3, 0.4) is 0 Å². The van der Waals surface area contributed by atoms with Gasteiger partial charge in [0.25, 0.3) is 0 Å². The summed E-state index contributed by atoms with van der Waals surface area (Å²) in [6.07, 6.45) is 8.99. The third-order valence-electron chi connectivity index (χ3n) is 10.2. The van der Waals surface area contributed by atoms with E-state index in [1.807, 2.05) is 0 Å². The molecule has 0 aliphatic carbocycles. The predicted molar refractivity (Wildman–Crippen MR) is 219 cm³/mol. The van der Waals surface area contributed by atoms with Gasteiger partial charge in [-0.05, 0) is 90.6 Å². The van der Waals surface area contributed by atoms with Crippen LogP contribution in [-0.4, -0.2) is 4.90 Å². The molecule has 6 aromatic carbocycles. The molecule has 0 unspecified atom stereocenters. The number of nitrogens with zero attached hydrogens (tertiary/aromatic N) is 2. The second-order valence-electron chi connectivity index (χ2n) is 13.9. The number of benzene rings is 6. The summed E-state index contributed by atoms with van der Waals surface area (Å²) in [5.41, 5.74) is 17.6. The molecule has 0 fully saturated rings. The predicted octanol–water partition coefficient (Wildman–Crippen LogP) is 12.7. The SMILES string of the molecule is Cc1cc(C)c(C2=CC=CC3=CN(c4c(C(c5ccccc5)c5ccccc5)cc(C)cc4C(c4ccccc4)c4ccccc4)[CH-]N32)c(C)c1.[Cl][Ag]. The van der Waals surface area contributed by atoms with Crippen molar-refractivity contribution in [3.63, 3.8) is 0 Å². The average molecular weight is 803 g/mol. The van der Waals surface area contributed by atoms with Gasteiger partial charge in [-0.2, -0.15) is 0 Å². The molecule has 2 heterocycles. The van der Waals surface area contributed by atoms with Gasteiger partial charge in [-0.1, -0.05) is 163 Å². The van der Waals surface area contributed by atoms with Crippen LogP contribution < -0.4 is 4.90 Å². The van der Waals surface area contributed by atoms with Gasteiger partial charge in [0.1, 0.15) is 0 Å². The topological polar surface area (TPSA) is 6.48 Å². The van der Waals surface area contributed by atoms with E-state index < -0.39 is 0 Å². The summed E-state index contributed by atoms with van der Waals surface area (Å²) in [5, 5.41) is 0. The Labute approximate surface area is 331 Å². The molecule has 0 aromatic heterocycles. The quantitative estimate of drug-likeness (QED) is 0.0859. The van der Waals surface area contributed by atoms with Gasteiger partial charge in [0.05, 0.1) is 0 Å². The molecule has 0 saturated carbocycles. The monoisotopic (exact) mass is 801 g/mol. The van der Waals surface area contributed by atoms with Crippen molar-refractivity contribution in [1.82, 2.24) is 4.90 Å². The maximum absolute atomic E-state index is 4.45. The Morgan fingerprint density at radius 1 is 0.547 bits per heavy atom. The molecule has 8 rings (SSSR count). The average Bonchev–Trinajstić information content (AvgIpc) is 3.62. The van der Waals surface area contributed by atoms with Crippen molar-refractivity contribution in [1.29, 1.82) is 0 Å². The first-order valence-electron chi connectivity index (χ1n) is 18.0. The number of aryl methyl sites for hydroxylation is 4. The zero-order valence-electron chi connectivity index (χ0n) is 30.5. The van der Waals surface area contributed by atoms with Crippen molar-refractivity contribution < 1.29 is 20.0 Å². The molecule has 0 saturated heterocycles. The Hall–Kier alpha value is -4.83. The fourth-order valence-corrected chi connectivity index (χ4v) is 8.24. The first kappa shape index (κ1) is 36.5.